The van der Waals surface area contributed by atoms with E-state index >= 15 is 0 Å². The van der Waals surface area contributed by atoms with Crippen LogP contribution in [0, 0.1) is 0 Å². The largest absolute Gasteiger partial charge is 0.376 e. The molecule has 1 aromatic rings. The molecule has 2 unspecified atom stereocenters. The smallest absolute Gasteiger partial charge is 0.148 e. The third-order valence-corrected chi connectivity index (χ3v) is 3.15. The van der Waals surface area contributed by atoms with E-state index in [9.17, 15) is 0 Å². The van der Waals surface area contributed by atoms with Gasteiger partial charge in [0.15, 0.2) is 0 Å². The molecule has 1 fully saturated rings. The first-order valence-corrected chi connectivity index (χ1v) is 5.37. The topological polar surface area (TPSA) is 70.3 Å². The quantitative estimate of drug-likeness (QED) is 0.784. The summed E-state index contributed by atoms with van der Waals surface area (Å²) in [5, 5.41) is 9.74. The highest BCUT2D eigenvalue weighted by atomic mass is 32.1. The van der Waals surface area contributed by atoms with Crippen LogP contribution in [0.4, 0.5) is 0 Å². The molecule has 14 heavy (non-hydrogen) atoms. The zero-order valence-corrected chi connectivity index (χ0v) is 8.79. The summed E-state index contributed by atoms with van der Waals surface area (Å²) in [6.07, 6.45) is -0.0613. The van der Waals surface area contributed by atoms with Crippen LogP contribution in [0.1, 0.15) is 29.1 Å². The van der Waals surface area contributed by atoms with E-state index in [4.69, 9.17) is 15.2 Å². The molecule has 1 aliphatic rings. The Hall–Kier alpha value is -0.560. The summed E-state index contributed by atoms with van der Waals surface area (Å²) in [5.41, 5.74) is 5.69. The highest BCUT2D eigenvalue weighted by Gasteiger charge is 2.21. The molecule has 2 heterocycles. The van der Waals surface area contributed by atoms with Gasteiger partial charge in [-0.25, -0.2) is 0 Å². The van der Waals surface area contributed by atoms with Gasteiger partial charge in [0.2, 0.25) is 0 Å². The van der Waals surface area contributed by atoms with E-state index in [2.05, 4.69) is 10.2 Å². The second kappa shape index (κ2) is 4.31. The lowest BCUT2D eigenvalue weighted by molar-refractivity contribution is -0.0903. The molecule has 1 aromatic heterocycles. The zero-order valence-electron chi connectivity index (χ0n) is 7.97. The van der Waals surface area contributed by atoms with E-state index in [1.807, 2.05) is 6.92 Å². The number of ether oxygens (including phenoxy) is 2. The van der Waals surface area contributed by atoms with Crippen LogP contribution in [0.2, 0.25) is 0 Å². The van der Waals surface area contributed by atoms with Crippen molar-refractivity contribution in [1.82, 2.24) is 10.2 Å². The number of nitrogens with two attached hydrogens (primary N) is 1. The molecule has 2 rings (SSSR count). The molecule has 0 aliphatic carbocycles. The van der Waals surface area contributed by atoms with Gasteiger partial charge < -0.3 is 15.2 Å². The Bertz CT molecular complexity index is 297. The fourth-order valence-corrected chi connectivity index (χ4v) is 2.02. The summed E-state index contributed by atoms with van der Waals surface area (Å²) in [6.45, 7) is 3.74. The van der Waals surface area contributed by atoms with Gasteiger partial charge in [0.25, 0.3) is 0 Å². The van der Waals surface area contributed by atoms with Crippen molar-refractivity contribution in [1.29, 1.82) is 0 Å². The Morgan fingerprint density at radius 2 is 2.36 bits per heavy atom. The predicted molar refractivity (Wildman–Crippen MR) is 52.0 cm³/mol. The van der Waals surface area contributed by atoms with Crippen molar-refractivity contribution < 1.29 is 9.47 Å². The number of nitrogens with zero attached hydrogens (tertiary/aromatic N) is 2. The molecule has 1 saturated heterocycles. The third kappa shape index (κ3) is 2.09. The standard InChI is InChI=1S/C8H13N3O2S/c1-5(9)7-10-11-8(14-7)6-4-12-2-3-13-6/h5-6H,2-4,9H2,1H3. The Kier molecular flexibility index (Phi) is 3.07. The summed E-state index contributed by atoms with van der Waals surface area (Å²) < 4.78 is 10.8. The first kappa shape index (κ1) is 9.97. The molecule has 0 saturated carbocycles. The van der Waals surface area contributed by atoms with Gasteiger partial charge in [-0.05, 0) is 6.92 Å². The fraction of sp³-hybridized carbons (Fsp3) is 0.750. The van der Waals surface area contributed by atoms with E-state index < -0.39 is 0 Å². The highest BCUT2D eigenvalue weighted by molar-refractivity contribution is 7.11. The summed E-state index contributed by atoms with van der Waals surface area (Å²) in [4.78, 5) is 0. The lowest BCUT2D eigenvalue weighted by Crippen LogP contribution is -2.21. The minimum atomic E-state index is -0.0641. The summed E-state index contributed by atoms with van der Waals surface area (Å²) in [5.74, 6) is 0. The van der Waals surface area contributed by atoms with Crippen LogP contribution in [0.5, 0.6) is 0 Å². The van der Waals surface area contributed by atoms with Crippen LogP contribution in [0.3, 0.4) is 0 Å². The van der Waals surface area contributed by atoms with Crippen molar-refractivity contribution in [2.75, 3.05) is 19.8 Å². The molecule has 2 atom stereocenters. The van der Waals surface area contributed by atoms with Gasteiger partial charge in [0.1, 0.15) is 16.1 Å². The third-order valence-electron chi connectivity index (χ3n) is 1.94. The second-order valence-corrected chi connectivity index (χ2v) is 4.24. The van der Waals surface area contributed by atoms with E-state index in [1.54, 1.807) is 0 Å². The second-order valence-electron chi connectivity index (χ2n) is 3.20. The van der Waals surface area contributed by atoms with Crippen LogP contribution in [0.25, 0.3) is 0 Å². The van der Waals surface area contributed by atoms with Crippen molar-refractivity contribution in [2.45, 2.75) is 19.1 Å². The monoisotopic (exact) mass is 215 g/mol. The first-order valence-electron chi connectivity index (χ1n) is 4.55. The van der Waals surface area contributed by atoms with Gasteiger partial charge in [0.05, 0.1) is 25.9 Å². The van der Waals surface area contributed by atoms with Crippen molar-refractivity contribution in [2.24, 2.45) is 5.73 Å². The normalized spacial score (nSPS) is 24.9. The Labute approximate surface area is 86.2 Å². The van der Waals surface area contributed by atoms with E-state index in [-0.39, 0.29) is 12.1 Å². The van der Waals surface area contributed by atoms with Gasteiger partial charge in [-0.15, -0.1) is 10.2 Å². The molecule has 0 radical (unpaired) electrons. The molecule has 0 amide bonds. The molecule has 1 aliphatic heterocycles. The minimum Gasteiger partial charge on any atom is -0.376 e. The summed E-state index contributed by atoms with van der Waals surface area (Å²) >= 11 is 1.50. The van der Waals surface area contributed by atoms with E-state index in [0.29, 0.717) is 19.8 Å². The molecule has 0 aromatic carbocycles. The molecule has 0 spiro atoms. The summed E-state index contributed by atoms with van der Waals surface area (Å²) in [7, 11) is 0. The number of hydrogen-bond acceptors (Lipinski definition) is 6. The Morgan fingerprint density at radius 3 is 2.93 bits per heavy atom. The van der Waals surface area contributed by atoms with E-state index in [0.717, 1.165) is 10.0 Å². The molecule has 5 nitrogen and oxygen atoms in total. The summed E-state index contributed by atoms with van der Waals surface area (Å²) in [6, 6.07) is -0.0641. The predicted octanol–water partition coefficient (Wildman–Crippen LogP) is 0.646. The molecule has 2 N–H and O–H groups in total. The van der Waals surface area contributed by atoms with Gasteiger partial charge in [-0.2, -0.15) is 0 Å². The highest BCUT2D eigenvalue weighted by Crippen LogP contribution is 2.25. The maximum absolute atomic E-state index is 5.69. The van der Waals surface area contributed by atoms with Crippen LogP contribution in [0.15, 0.2) is 0 Å². The van der Waals surface area contributed by atoms with Crippen molar-refractivity contribution >= 4 is 11.3 Å². The van der Waals surface area contributed by atoms with Gasteiger partial charge in [0, 0.05) is 0 Å². The lowest BCUT2D eigenvalue weighted by atomic mass is 10.4. The fourth-order valence-electron chi connectivity index (χ4n) is 1.19. The van der Waals surface area contributed by atoms with Crippen molar-refractivity contribution in [3.05, 3.63) is 10.0 Å². The molecular formula is C8H13N3O2S. The van der Waals surface area contributed by atoms with Gasteiger partial charge in [-0.3, -0.25) is 0 Å². The molecule has 6 heteroatoms. The molecular weight excluding hydrogens is 202 g/mol. The van der Waals surface area contributed by atoms with Gasteiger partial charge in [-0.1, -0.05) is 11.3 Å². The number of aromatic nitrogens is 2. The number of rotatable bonds is 2. The number of hydrogen-bond donors (Lipinski definition) is 1. The Morgan fingerprint density at radius 1 is 1.50 bits per heavy atom. The van der Waals surface area contributed by atoms with E-state index in [1.165, 1.54) is 11.3 Å². The van der Waals surface area contributed by atoms with Crippen LogP contribution in [-0.2, 0) is 9.47 Å². The molecule has 78 valence electrons. The lowest BCUT2D eigenvalue weighted by Gasteiger charge is -2.20. The average molecular weight is 215 g/mol. The van der Waals surface area contributed by atoms with Crippen LogP contribution < -0.4 is 5.73 Å². The van der Waals surface area contributed by atoms with Crippen LogP contribution >= 0.6 is 11.3 Å². The van der Waals surface area contributed by atoms with Crippen molar-refractivity contribution in [3.63, 3.8) is 0 Å². The van der Waals surface area contributed by atoms with Crippen LogP contribution in [-0.4, -0.2) is 30.0 Å². The Balaban J connectivity index is 2.07. The minimum absolute atomic E-state index is 0.0613. The molecule has 0 bridgehead atoms. The maximum Gasteiger partial charge on any atom is 0.148 e. The average Bonchev–Trinajstić information content (AvgIpc) is 2.68. The zero-order chi connectivity index (χ0) is 9.97. The SMILES string of the molecule is CC(N)c1nnc(C2COCCO2)s1. The maximum atomic E-state index is 5.69. The van der Waals surface area contributed by atoms with Gasteiger partial charge >= 0.3 is 0 Å². The van der Waals surface area contributed by atoms with Crippen molar-refractivity contribution in [3.8, 4) is 0 Å². The first-order chi connectivity index (χ1) is 6.77.